The van der Waals surface area contributed by atoms with Crippen molar-refractivity contribution in [2.75, 3.05) is 16.4 Å². The Kier molecular flexibility index (Phi) is 7.03. The van der Waals surface area contributed by atoms with Gasteiger partial charge in [0.1, 0.15) is 11.6 Å². The summed E-state index contributed by atoms with van der Waals surface area (Å²) < 4.78 is 0. The van der Waals surface area contributed by atoms with E-state index >= 15 is 0 Å². The van der Waals surface area contributed by atoms with E-state index in [4.69, 9.17) is 5.73 Å². The second kappa shape index (κ2) is 9.89. The minimum absolute atomic E-state index is 0.00597. The maximum atomic E-state index is 11.9. The fraction of sp³-hybridized carbons (Fsp3) is 0.250. The lowest BCUT2D eigenvalue weighted by atomic mass is 9.98. The Morgan fingerprint density at radius 1 is 1.07 bits per heavy atom. The Morgan fingerprint density at radius 3 is 2.40 bits per heavy atom. The number of carbonyl (C=O) groups excluding carboxylic acids is 1. The first kappa shape index (κ1) is 21.3. The molecule has 0 bridgehead atoms. The van der Waals surface area contributed by atoms with Crippen molar-refractivity contribution < 1.29 is 9.90 Å². The number of nitrogens with one attached hydrogen (secondary N) is 2. The number of carbonyl (C=O) groups is 1. The largest absolute Gasteiger partial charge is 0.393 e. The van der Waals surface area contributed by atoms with Gasteiger partial charge in [-0.25, -0.2) is 4.98 Å². The maximum absolute atomic E-state index is 11.9. The number of aliphatic hydroxyl groups excluding tert-OH is 1. The van der Waals surface area contributed by atoms with Crippen LogP contribution >= 0.6 is 0 Å². The van der Waals surface area contributed by atoms with Crippen LogP contribution in [0, 0.1) is 6.92 Å². The Hall–Kier alpha value is -3.38. The molecule has 0 spiro atoms. The highest BCUT2D eigenvalue weighted by Gasteiger charge is 2.15. The Morgan fingerprint density at radius 2 is 1.77 bits per heavy atom. The third-order valence-electron chi connectivity index (χ3n) is 4.76. The molecule has 0 aliphatic heterocycles. The van der Waals surface area contributed by atoms with Crippen molar-refractivity contribution in [2.45, 2.75) is 38.8 Å². The topological polar surface area (TPSA) is 100 Å². The molecule has 6 heteroatoms. The number of nitrogens with zero attached hydrogens (tertiary/aromatic N) is 1. The highest BCUT2D eigenvalue weighted by Crippen LogP contribution is 2.26. The van der Waals surface area contributed by atoms with Crippen LogP contribution < -0.4 is 16.4 Å². The smallest absolute Gasteiger partial charge is 0.227 e. The van der Waals surface area contributed by atoms with E-state index in [0.29, 0.717) is 11.5 Å². The maximum Gasteiger partial charge on any atom is 0.227 e. The van der Waals surface area contributed by atoms with E-state index in [1.807, 2.05) is 18.2 Å². The van der Waals surface area contributed by atoms with Gasteiger partial charge in [0.15, 0.2) is 0 Å². The fourth-order valence-electron chi connectivity index (χ4n) is 3.21. The van der Waals surface area contributed by atoms with Crippen LogP contribution in [0.4, 0.5) is 17.3 Å². The average Bonchev–Trinajstić information content (AvgIpc) is 2.70. The fourth-order valence-corrected chi connectivity index (χ4v) is 3.21. The van der Waals surface area contributed by atoms with E-state index in [0.717, 1.165) is 12.0 Å². The summed E-state index contributed by atoms with van der Waals surface area (Å²) in [6, 6.07) is 22.2. The first-order valence-corrected chi connectivity index (χ1v) is 10.0. The van der Waals surface area contributed by atoms with Gasteiger partial charge in [-0.1, -0.05) is 60.2 Å². The predicted molar refractivity (Wildman–Crippen MR) is 121 cm³/mol. The van der Waals surface area contributed by atoms with E-state index in [1.165, 1.54) is 11.1 Å². The van der Waals surface area contributed by atoms with Gasteiger partial charge in [0.25, 0.3) is 0 Å². The summed E-state index contributed by atoms with van der Waals surface area (Å²) in [7, 11) is 0. The van der Waals surface area contributed by atoms with Crippen LogP contribution in [-0.4, -0.2) is 22.1 Å². The van der Waals surface area contributed by atoms with Crippen molar-refractivity contribution in [3.8, 4) is 0 Å². The number of pyridine rings is 1. The van der Waals surface area contributed by atoms with Gasteiger partial charge < -0.3 is 21.5 Å². The number of rotatable bonds is 8. The predicted octanol–water partition coefficient (Wildman–Crippen LogP) is 4.08. The molecule has 0 aliphatic carbocycles. The number of aliphatic hydroxyl groups is 1. The molecule has 1 amide bonds. The lowest BCUT2D eigenvalue weighted by molar-refractivity contribution is -0.117. The zero-order valence-corrected chi connectivity index (χ0v) is 17.3. The quantitative estimate of drug-likeness (QED) is 0.453. The zero-order valence-electron chi connectivity index (χ0n) is 17.3. The molecule has 1 heterocycles. The Labute approximate surface area is 177 Å². The third-order valence-corrected chi connectivity index (χ3v) is 4.76. The normalized spacial score (nSPS) is 12.8. The SMILES string of the molecule is Cc1ccc(C(Cc2ccccc2)Nc2ccc(NC(=O)CC(C)O)c(N)n2)cc1. The molecule has 0 aliphatic rings. The zero-order chi connectivity index (χ0) is 21.5. The molecule has 3 aromatic rings. The monoisotopic (exact) mass is 404 g/mol. The van der Waals surface area contributed by atoms with Gasteiger partial charge in [-0.2, -0.15) is 0 Å². The van der Waals surface area contributed by atoms with Gasteiger partial charge in [0.05, 0.1) is 24.3 Å². The van der Waals surface area contributed by atoms with Crippen LogP contribution in [0.5, 0.6) is 0 Å². The third kappa shape index (κ3) is 6.06. The van der Waals surface area contributed by atoms with Gasteiger partial charge in [0.2, 0.25) is 5.91 Å². The number of anilines is 3. The summed E-state index contributed by atoms with van der Waals surface area (Å²) in [5, 5.41) is 15.5. The van der Waals surface area contributed by atoms with Crippen molar-refractivity contribution >= 4 is 23.2 Å². The lowest BCUT2D eigenvalue weighted by Crippen LogP contribution is -2.19. The number of aromatic nitrogens is 1. The number of hydrogen-bond donors (Lipinski definition) is 4. The molecule has 2 aromatic carbocycles. The van der Waals surface area contributed by atoms with E-state index in [1.54, 1.807) is 19.1 Å². The number of nitrogen functional groups attached to an aromatic ring is 1. The Bertz CT molecular complexity index is 972. The summed E-state index contributed by atoms with van der Waals surface area (Å²) in [6.07, 6.45) is 0.0815. The molecule has 0 saturated heterocycles. The van der Waals surface area contributed by atoms with Crippen LogP contribution in [0.1, 0.15) is 36.1 Å². The molecule has 0 fully saturated rings. The van der Waals surface area contributed by atoms with Crippen LogP contribution in [0.15, 0.2) is 66.7 Å². The highest BCUT2D eigenvalue weighted by atomic mass is 16.3. The van der Waals surface area contributed by atoms with E-state index in [9.17, 15) is 9.90 Å². The first-order valence-electron chi connectivity index (χ1n) is 10.0. The van der Waals surface area contributed by atoms with Crippen molar-refractivity contribution in [3.05, 3.63) is 83.4 Å². The summed E-state index contributed by atoms with van der Waals surface area (Å²) in [4.78, 5) is 16.3. The molecular weight excluding hydrogens is 376 g/mol. The first-order chi connectivity index (χ1) is 14.4. The number of hydrogen-bond acceptors (Lipinski definition) is 5. The van der Waals surface area contributed by atoms with E-state index in [-0.39, 0.29) is 24.2 Å². The average molecular weight is 405 g/mol. The second-order valence-corrected chi connectivity index (χ2v) is 7.53. The van der Waals surface area contributed by atoms with Gasteiger partial charge in [0, 0.05) is 0 Å². The summed E-state index contributed by atoms with van der Waals surface area (Å²) in [5.74, 6) is 0.546. The molecule has 0 radical (unpaired) electrons. The standard InChI is InChI=1S/C24H28N4O2/c1-16-8-10-19(11-9-16)21(15-18-6-4-3-5-7-18)26-22-13-12-20(24(25)28-22)27-23(30)14-17(2)29/h3-13,17,21,29H,14-15H2,1-2H3,(H,27,30)(H3,25,26,28). The van der Waals surface area contributed by atoms with Crippen LogP contribution in [-0.2, 0) is 11.2 Å². The van der Waals surface area contributed by atoms with Crippen molar-refractivity contribution in [1.29, 1.82) is 0 Å². The summed E-state index contributed by atoms with van der Waals surface area (Å²) in [6.45, 7) is 3.63. The van der Waals surface area contributed by atoms with Crippen molar-refractivity contribution in [3.63, 3.8) is 0 Å². The lowest BCUT2D eigenvalue weighted by Gasteiger charge is -2.21. The van der Waals surface area contributed by atoms with Gasteiger partial charge >= 0.3 is 0 Å². The van der Waals surface area contributed by atoms with E-state index in [2.05, 4.69) is 58.9 Å². The molecule has 30 heavy (non-hydrogen) atoms. The van der Waals surface area contributed by atoms with Crippen LogP contribution in [0.3, 0.4) is 0 Å². The number of benzene rings is 2. The van der Waals surface area contributed by atoms with Gasteiger partial charge in [-0.05, 0) is 43.5 Å². The molecule has 3 rings (SSSR count). The van der Waals surface area contributed by atoms with Crippen molar-refractivity contribution in [2.24, 2.45) is 0 Å². The molecule has 6 nitrogen and oxygen atoms in total. The Balaban J connectivity index is 1.79. The molecule has 1 aromatic heterocycles. The summed E-state index contributed by atoms with van der Waals surface area (Å²) >= 11 is 0. The van der Waals surface area contributed by atoms with Crippen molar-refractivity contribution in [1.82, 2.24) is 4.98 Å². The van der Waals surface area contributed by atoms with Gasteiger partial charge in [-0.3, -0.25) is 4.79 Å². The molecular formula is C24H28N4O2. The second-order valence-electron chi connectivity index (χ2n) is 7.53. The van der Waals surface area contributed by atoms with Gasteiger partial charge in [-0.15, -0.1) is 0 Å². The molecule has 2 atom stereocenters. The number of aryl methyl sites for hydroxylation is 1. The molecule has 5 N–H and O–H groups in total. The van der Waals surface area contributed by atoms with E-state index < -0.39 is 6.10 Å². The summed E-state index contributed by atoms with van der Waals surface area (Å²) in [5.41, 5.74) is 10.1. The minimum Gasteiger partial charge on any atom is -0.393 e. The number of amides is 1. The highest BCUT2D eigenvalue weighted by molar-refractivity contribution is 5.93. The minimum atomic E-state index is -0.714. The molecule has 2 unspecified atom stereocenters. The van der Waals surface area contributed by atoms with Crippen LogP contribution in [0.25, 0.3) is 0 Å². The molecule has 156 valence electrons. The molecule has 0 saturated carbocycles. The van der Waals surface area contributed by atoms with Crippen LogP contribution in [0.2, 0.25) is 0 Å². The number of nitrogens with two attached hydrogens (primary N) is 1.